The molecule has 0 unspecified atom stereocenters. The molecule has 0 fully saturated rings. The molecule has 0 saturated carbocycles. The number of hydrogen-bond acceptors (Lipinski definition) is 4. The Morgan fingerprint density at radius 2 is 0.923 bits per heavy atom. The topological polar surface area (TPSA) is 4.93 Å². The molecular weight excluding hydrogens is 395 g/mol. The average Bonchev–Trinajstić information content (AvgIpc) is 3.33. The van der Waals surface area contributed by atoms with E-state index < -0.39 is 0 Å². The van der Waals surface area contributed by atoms with Crippen molar-refractivity contribution in [3.63, 3.8) is 0 Å². The summed E-state index contributed by atoms with van der Waals surface area (Å²) >= 11 is 7.44. The molecule has 5 rings (SSSR count). The number of aromatic nitrogens is 1. The van der Waals surface area contributed by atoms with E-state index in [1.165, 1.54) is 39.4 Å². The minimum atomic E-state index is 1.24. The molecule has 0 atom stereocenters. The van der Waals surface area contributed by atoms with E-state index >= 15 is 0 Å². The lowest BCUT2D eigenvalue weighted by Crippen LogP contribution is -1.93. The van der Waals surface area contributed by atoms with E-state index in [1.54, 1.807) is 0 Å². The third kappa shape index (κ3) is 3.18. The standard InChI is InChI=1S/C21H15NS4/c1-22-14(12-20-23-16-6-2-3-7-17(16)24-20)10-11-15(22)13-21-25-18-8-4-5-9-19(18)26-21/h2-13H,1H3. The van der Waals surface area contributed by atoms with Gasteiger partial charge >= 0.3 is 0 Å². The Kier molecular flexibility index (Phi) is 4.49. The van der Waals surface area contributed by atoms with E-state index in [0.29, 0.717) is 0 Å². The van der Waals surface area contributed by atoms with Crippen molar-refractivity contribution in [1.29, 1.82) is 0 Å². The highest BCUT2D eigenvalue weighted by atomic mass is 32.2. The molecule has 1 nitrogen and oxygen atoms in total. The highest BCUT2D eigenvalue weighted by molar-refractivity contribution is 8.25. The van der Waals surface area contributed by atoms with Crippen LogP contribution in [0.1, 0.15) is 11.4 Å². The number of hydrogen-bond donors (Lipinski definition) is 0. The van der Waals surface area contributed by atoms with Crippen LogP contribution in [0.2, 0.25) is 0 Å². The van der Waals surface area contributed by atoms with Crippen LogP contribution < -0.4 is 0 Å². The molecule has 0 N–H and O–H groups in total. The van der Waals surface area contributed by atoms with Crippen LogP contribution in [-0.4, -0.2) is 4.57 Å². The predicted octanol–water partition coefficient (Wildman–Crippen LogP) is 7.42. The lowest BCUT2D eigenvalue weighted by atomic mass is 10.4. The minimum Gasteiger partial charge on any atom is -0.345 e. The summed E-state index contributed by atoms with van der Waals surface area (Å²) in [5, 5.41) is 0. The molecule has 0 bridgehead atoms. The van der Waals surface area contributed by atoms with Gasteiger partial charge in [-0.25, -0.2) is 0 Å². The molecule has 3 aromatic rings. The highest BCUT2D eigenvalue weighted by Crippen LogP contribution is 2.52. The first-order chi connectivity index (χ1) is 12.8. The largest absolute Gasteiger partial charge is 0.345 e. The second-order valence-corrected chi connectivity index (χ2v) is 10.8. The van der Waals surface area contributed by atoms with Crippen molar-refractivity contribution in [1.82, 2.24) is 4.57 Å². The molecule has 5 heteroatoms. The van der Waals surface area contributed by atoms with Crippen LogP contribution in [0.15, 0.2) is 88.7 Å². The van der Waals surface area contributed by atoms with Gasteiger partial charge < -0.3 is 4.57 Å². The number of nitrogens with zero attached hydrogens (tertiary/aromatic N) is 1. The van der Waals surface area contributed by atoms with Crippen LogP contribution in [0.5, 0.6) is 0 Å². The lowest BCUT2D eigenvalue weighted by molar-refractivity contribution is 0.902. The summed E-state index contributed by atoms with van der Waals surface area (Å²) in [6.45, 7) is 0. The van der Waals surface area contributed by atoms with Gasteiger partial charge in [-0.3, -0.25) is 0 Å². The van der Waals surface area contributed by atoms with Gasteiger partial charge in [0.05, 0.1) is 8.47 Å². The summed E-state index contributed by atoms with van der Waals surface area (Å²) in [6, 6.07) is 21.6. The number of rotatable bonds is 2. The van der Waals surface area contributed by atoms with Crippen LogP contribution in [0.4, 0.5) is 0 Å². The molecule has 128 valence electrons. The van der Waals surface area contributed by atoms with E-state index in [2.05, 4.69) is 84.4 Å². The van der Waals surface area contributed by atoms with E-state index in [1.807, 2.05) is 47.0 Å². The van der Waals surface area contributed by atoms with E-state index in [-0.39, 0.29) is 0 Å². The highest BCUT2D eigenvalue weighted by Gasteiger charge is 2.18. The summed E-state index contributed by atoms with van der Waals surface area (Å²) in [4.78, 5) is 5.43. The zero-order valence-corrected chi connectivity index (χ0v) is 17.3. The normalized spacial score (nSPS) is 15.1. The molecule has 2 aliphatic rings. The summed E-state index contributed by atoms with van der Waals surface area (Å²) in [6.07, 6.45) is 4.59. The van der Waals surface area contributed by atoms with Crippen molar-refractivity contribution < 1.29 is 0 Å². The Bertz CT molecular complexity index is 924. The molecule has 1 aromatic heterocycles. The number of benzene rings is 2. The number of thioether (sulfide) groups is 4. The fourth-order valence-electron chi connectivity index (χ4n) is 2.91. The number of fused-ring (bicyclic) bond motifs is 2. The Hall–Kier alpha value is -1.40. The second-order valence-electron chi connectivity index (χ2n) is 5.97. The zero-order chi connectivity index (χ0) is 17.5. The van der Waals surface area contributed by atoms with E-state index in [4.69, 9.17) is 0 Å². The summed E-state index contributed by atoms with van der Waals surface area (Å²) < 4.78 is 4.95. The maximum atomic E-state index is 2.29. The summed E-state index contributed by atoms with van der Waals surface area (Å²) in [5.74, 6) is 0. The Balaban J connectivity index is 1.39. The second kappa shape index (κ2) is 6.97. The Morgan fingerprint density at radius 1 is 0.577 bits per heavy atom. The van der Waals surface area contributed by atoms with E-state index in [0.717, 1.165) is 0 Å². The first-order valence-electron chi connectivity index (χ1n) is 8.25. The molecule has 0 saturated heterocycles. The van der Waals surface area contributed by atoms with Crippen molar-refractivity contribution in [2.24, 2.45) is 7.05 Å². The van der Waals surface area contributed by atoms with Crippen molar-refractivity contribution in [2.45, 2.75) is 19.6 Å². The average molecular weight is 410 g/mol. The van der Waals surface area contributed by atoms with Crippen LogP contribution in [-0.2, 0) is 7.05 Å². The van der Waals surface area contributed by atoms with Crippen LogP contribution in [0.3, 0.4) is 0 Å². The van der Waals surface area contributed by atoms with Gasteiger partial charge in [0.25, 0.3) is 0 Å². The van der Waals surface area contributed by atoms with Gasteiger partial charge in [0.2, 0.25) is 0 Å². The van der Waals surface area contributed by atoms with Gasteiger partial charge in [0.1, 0.15) is 0 Å². The maximum Gasteiger partial charge on any atom is 0.0520 e. The van der Waals surface area contributed by atoms with Crippen molar-refractivity contribution in [2.75, 3.05) is 0 Å². The van der Waals surface area contributed by atoms with Gasteiger partial charge in [-0.2, -0.15) is 0 Å². The van der Waals surface area contributed by atoms with Gasteiger partial charge in [-0.05, 0) is 48.6 Å². The zero-order valence-electron chi connectivity index (χ0n) is 14.0. The SMILES string of the molecule is Cn1c(C=C2Sc3ccccc3S2)ccc1C=C1Sc2ccccc2S1. The molecule has 0 amide bonds. The third-order valence-electron chi connectivity index (χ3n) is 4.27. The molecular formula is C21H15NS4. The Labute approximate surface area is 170 Å². The van der Waals surface area contributed by atoms with Crippen LogP contribution in [0, 0.1) is 0 Å². The molecule has 0 aliphatic carbocycles. The van der Waals surface area contributed by atoms with Gasteiger partial charge in [-0.1, -0.05) is 71.3 Å². The maximum absolute atomic E-state index is 2.29. The fourth-order valence-corrected chi connectivity index (χ4v) is 7.66. The van der Waals surface area contributed by atoms with Gasteiger partial charge in [-0.15, -0.1) is 0 Å². The molecule has 2 aliphatic heterocycles. The van der Waals surface area contributed by atoms with Crippen molar-refractivity contribution in [3.8, 4) is 0 Å². The fraction of sp³-hybridized carbons (Fsp3) is 0.0476. The van der Waals surface area contributed by atoms with Crippen molar-refractivity contribution >= 4 is 59.2 Å². The summed E-state index contributed by atoms with van der Waals surface area (Å²) in [7, 11) is 2.15. The molecule has 0 spiro atoms. The van der Waals surface area contributed by atoms with E-state index in [9.17, 15) is 0 Å². The third-order valence-corrected chi connectivity index (χ3v) is 9.11. The minimum absolute atomic E-state index is 1.24. The first-order valence-corrected chi connectivity index (χ1v) is 11.5. The molecule has 3 heterocycles. The van der Waals surface area contributed by atoms with Crippen molar-refractivity contribution in [3.05, 3.63) is 80.5 Å². The monoisotopic (exact) mass is 409 g/mol. The molecule has 2 aromatic carbocycles. The van der Waals surface area contributed by atoms with Crippen LogP contribution >= 0.6 is 47.0 Å². The molecule has 0 radical (unpaired) electrons. The van der Waals surface area contributed by atoms with Gasteiger partial charge in [0.15, 0.2) is 0 Å². The smallest absolute Gasteiger partial charge is 0.0520 e. The predicted molar refractivity (Wildman–Crippen MR) is 118 cm³/mol. The first kappa shape index (κ1) is 16.8. The Morgan fingerprint density at radius 3 is 1.27 bits per heavy atom. The van der Waals surface area contributed by atoms with Gasteiger partial charge in [0, 0.05) is 38.0 Å². The quantitative estimate of drug-likeness (QED) is 0.434. The summed E-state index contributed by atoms with van der Waals surface area (Å²) in [5.41, 5.74) is 2.48. The van der Waals surface area contributed by atoms with Crippen LogP contribution in [0.25, 0.3) is 12.2 Å². The lowest BCUT2D eigenvalue weighted by Gasteiger charge is -2.03. The molecule has 26 heavy (non-hydrogen) atoms.